The second-order valence-electron chi connectivity index (χ2n) is 7.09. The van der Waals surface area contributed by atoms with Crippen LogP contribution in [0.5, 0.6) is 0 Å². The highest BCUT2D eigenvalue weighted by Crippen LogP contribution is 2.37. The van der Waals surface area contributed by atoms with Crippen molar-refractivity contribution < 1.29 is 4.39 Å². The Labute approximate surface area is 122 Å². The maximum Gasteiger partial charge on any atom is 0.130 e. The van der Waals surface area contributed by atoms with Crippen molar-refractivity contribution in [1.29, 1.82) is 0 Å². The Morgan fingerprint density at radius 2 is 1.85 bits per heavy atom. The minimum Gasteiger partial charge on any atom is -0.371 e. The highest BCUT2D eigenvalue weighted by molar-refractivity contribution is 5.55. The summed E-state index contributed by atoms with van der Waals surface area (Å²) in [6, 6.07) is 5.02. The van der Waals surface area contributed by atoms with Gasteiger partial charge in [0.1, 0.15) is 5.82 Å². The van der Waals surface area contributed by atoms with Gasteiger partial charge in [0, 0.05) is 30.4 Å². The van der Waals surface area contributed by atoms with Gasteiger partial charge in [-0.15, -0.1) is 0 Å². The average molecular weight is 278 g/mol. The molecule has 2 nitrogen and oxygen atoms in total. The summed E-state index contributed by atoms with van der Waals surface area (Å²) in [6.07, 6.45) is 2.33. The molecule has 3 heteroatoms. The maximum absolute atomic E-state index is 14.0. The van der Waals surface area contributed by atoms with Crippen LogP contribution in [0.3, 0.4) is 0 Å². The minimum absolute atomic E-state index is 0.185. The monoisotopic (exact) mass is 278 g/mol. The molecular formula is C17H27FN2. The Bertz CT molecular complexity index is 455. The molecule has 0 radical (unpaired) electrons. The van der Waals surface area contributed by atoms with Crippen molar-refractivity contribution in [2.75, 3.05) is 18.0 Å². The topological polar surface area (TPSA) is 29.3 Å². The number of nitrogens with two attached hydrogens (primary N) is 1. The molecule has 0 saturated carbocycles. The second-order valence-corrected chi connectivity index (χ2v) is 7.09. The van der Waals surface area contributed by atoms with Crippen LogP contribution in [0.25, 0.3) is 0 Å². The Morgan fingerprint density at radius 1 is 1.25 bits per heavy atom. The molecule has 1 saturated heterocycles. The zero-order valence-corrected chi connectivity index (χ0v) is 13.1. The van der Waals surface area contributed by atoms with Gasteiger partial charge in [0.25, 0.3) is 0 Å². The van der Waals surface area contributed by atoms with E-state index in [0.29, 0.717) is 11.0 Å². The van der Waals surface area contributed by atoms with Crippen molar-refractivity contribution >= 4 is 5.69 Å². The number of rotatable bonds is 2. The molecule has 0 aliphatic carbocycles. The zero-order valence-electron chi connectivity index (χ0n) is 13.1. The van der Waals surface area contributed by atoms with E-state index in [2.05, 4.69) is 25.7 Å². The first-order valence-corrected chi connectivity index (χ1v) is 7.59. The Kier molecular flexibility index (Phi) is 4.38. The molecule has 1 aliphatic heterocycles. The molecule has 112 valence electrons. The first-order chi connectivity index (χ1) is 9.30. The molecule has 1 heterocycles. The zero-order chi connectivity index (χ0) is 14.9. The molecule has 1 aliphatic rings. The smallest absolute Gasteiger partial charge is 0.130 e. The van der Waals surface area contributed by atoms with E-state index in [9.17, 15) is 4.39 Å². The second kappa shape index (κ2) is 5.72. The summed E-state index contributed by atoms with van der Waals surface area (Å²) in [4.78, 5) is 2.30. The fraction of sp³-hybridized carbons (Fsp3) is 0.647. The normalized spacial score (nSPS) is 19.2. The van der Waals surface area contributed by atoms with Crippen LogP contribution in [0.2, 0.25) is 0 Å². The van der Waals surface area contributed by atoms with Gasteiger partial charge in [-0.05, 0) is 43.2 Å². The summed E-state index contributed by atoms with van der Waals surface area (Å²) in [5, 5.41) is 0. The molecule has 0 spiro atoms. The molecule has 1 atom stereocenters. The summed E-state index contributed by atoms with van der Waals surface area (Å²) in [6.45, 7) is 10.8. The minimum atomic E-state index is -0.272. The van der Waals surface area contributed by atoms with Gasteiger partial charge in [-0.3, -0.25) is 0 Å². The fourth-order valence-corrected chi connectivity index (χ4v) is 3.24. The van der Waals surface area contributed by atoms with Crippen molar-refractivity contribution in [3.05, 3.63) is 29.6 Å². The molecule has 0 aromatic heterocycles. The van der Waals surface area contributed by atoms with E-state index in [1.54, 1.807) is 6.07 Å². The van der Waals surface area contributed by atoms with Crippen LogP contribution in [-0.4, -0.2) is 13.1 Å². The lowest BCUT2D eigenvalue weighted by Crippen LogP contribution is -2.38. The van der Waals surface area contributed by atoms with Crippen LogP contribution in [-0.2, 0) is 0 Å². The van der Waals surface area contributed by atoms with E-state index in [1.807, 2.05) is 13.0 Å². The number of hydrogen-bond acceptors (Lipinski definition) is 2. The highest BCUT2D eigenvalue weighted by atomic mass is 19.1. The molecule has 0 amide bonds. The molecule has 1 fully saturated rings. The van der Waals surface area contributed by atoms with Crippen LogP contribution < -0.4 is 10.6 Å². The number of hydrogen-bond donors (Lipinski definition) is 1. The van der Waals surface area contributed by atoms with Crippen LogP contribution in [0.1, 0.15) is 52.1 Å². The fourth-order valence-electron chi connectivity index (χ4n) is 3.24. The van der Waals surface area contributed by atoms with E-state index >= 15 is 0 Å². The van der Waals surface area contributed by atoms with Gasteiger partial charge in [-0.2, -0.15) is 0 Å². The molecular weight excluding hydrogens is 251 g/mol. The third-order valence-electron chi connectivity index (χ3n) is 4.55. The van der Waals surface area contributed by atoms with Crippen molar-refractivity contribution in [2.24, 2.45) is 17.1 Å². The van der Waals surface area contributed by atoms with Gasteiger partial charge in [0.05, 0.1) is 0 Å². The van der Waals surface area contributed by atoms with E-state index in [-0.39, 0.29) is 11.9 Å². The summed E-state index contributed by atoms with van der Waals surface area (Å²) in [5.41, 5.74) is 7.94. The first kappa shape index (κ1) is 15.3. The predicted octanol–water partition coefficient (Wildman–Crippen LogP) is 4.11. The van der Waals surface area contributed by atoms with Gasteiger partial charge in [-0.1, -0.05) is 26.8 Å². The number of anilines is 1. The molecule has 2 rings (SSSR count). The lowest BCUT2D eigenvalue weighted by atomic mass is 9.75. The molecule has 1 unspecified atom stereocenters. The largest absolute Gasteiger partial charge is 0.371 e. The van der Waals surface area contributed by atoms with Gasteiger partial charge < -0.3 is 10.6 Å². The lowest BCUT2D eigenvalue weighted by Gasteiger charge is -2.40. The first-order valence-electron chi connectivity index (χ1n) is 7.59. The Hall–Kier alpha value is -1.09. The van der Waals surface area contributed by atoms with Crippen LogP contribution in [0.15, 0.2) is 18.2 Å². The molecule has 2 N–H and O–H groups in total. The van der Waals surface area contributed by atoms with Crippen molar-refractivity contribution in [2.45, 2.75) is 46.6 Å². The summed E-state index contributed by atoms with van der Waals surface area (Å²) in [5.74, 6) is 0.557. The standard InChI is InChI=1S/C17H27FN2/c1-12(19)16-14(18)6-5-7-15(16)20-10-8-13(9-11-20)17(2,3)4/h5-7,12-13H,8-11,19H2,1-4H3. The molecule has 1 aromatic carbocycles. The Morgan fingerprint density at radius 3 is 2.35 bits per heavy atom. The number of halogens is 1. The van der Waals surface area contributed by atoms with E-state index in [4.69, 9.17) is 5.73 Å². The number of piperidine rings is 1. The van der Waals surface area contributed by atoms with Gasteiger partial charge in [0.15, 0.2) is 0 Å². The van der Waals surface area contributed by atoms with E-state index < -0.39 is 0 Å². The SMILES string of the molecule is CC(N)c1c(F)cccc1N1CCC(C(C)(C)C)CC1. The third-order valence-corrected chi connectivity index (χ3v) is 4.55. The molecule has 20 heavy (non-hydrogen) atoms. The third kappa shape index (κ3) is 3.14. The van der Waals surface area contributed by atoms with Gasteiger partial charge in [-0.25, -0.2) is 4.39 Å². The summed E-state index contributed by atoms with van der Waals surface area (Å²) >= 11 is 0. The maximum atomic E-state index is 14.0. The summed E-state index contributed by atoms with van der Waals surface area (Å²) in [7, 11) is 0. The number of benzene rings is 1. The average Bonchev–Trinajstić information content (AvgIpc) is 2.37. The predicted molar refractivity (Wildman–Crippen MR) is 83.4 cm³/mol. The van der Waals surface area contributed by atoms with Crippen molar-refractivity contribution in [3.8, 4) is 0 Å². The molecule has 1 aromatic rings. The van der Waals surface area contributed by atoms with Gasteiger partial charge in [0.2, 0.25) is 0 Å². The van der Waals surface area contributed by atoms with Crippen LogP contribution >= 0.6 is 0 Å². The Balaban J connectivity index is 2.17. The van der Waals surface area contributed by atoms with Crippen molar-refractivity contribution in [1.82, 2.24) is 0 Å². The van der Waals surface area contributed by atoms with E-state index in [1.165, 1.54) is 18.9 Å². The quantitative estimate of drug-likeness (QED) is 0.882. The molecule has 0 bridgehead atoms. The van der Waals surface area contributed by atoms with Crippen LogP contribution in [0.4, 0.5) is 10.1 Å². The highest BCUT2D eigenvalue weighted by Gasteiger charge is 2.30. The van der Waals surface area contributed by atoms with Crippen molar-refractivity contribution in [3.63, 3.8) is 0 Å². The number of nitrogens with zero attached hydrogens (tertiary/aromatic N) is 1. The lowest BCUT2D eigenvalue weighted by molar-refractivity contribution is 0.199. The van der Waals surface area contributed by atoms with Gasteiger partial charge >= 0.3 is 0 Å². The summed E-state index contributed by atoms with van der Waals surface area (Å²) < 4.78 is 14.0. The van der Waals surface area contributed by atoms with Crippen LogP contribution in [0, 0.1) is 17.2 Å². The van der Waals surface area contributed by atoms with E-state index in [0.717, 1.165) is 24.7 Å².